The Morgan fingerprint density at radius 1 is 0.556 bits per heavy atom. The van der Waals surface area contributed by atoms with E-state index in [1.165, 1.54) is 0 Å². The minimum Gasteiger partial charge on any atom is -0.465 e. The first-order valence-electron chi connectivity index (χ1n) is 19.1. The Bertz CT molecular complexity index is 1860. The van der Waals surface area contributed by atoms with Gasteiger partial charge in [-0.25, -0.2) is 19.6 Å². The van der Waals surface area contributed by atoms with Crippen molar-refractivity contribution in [2.45, 2.75) is 88.4 Å². The van der Waals surface area contributed by atoms with Crippen LogP contribution < -0.4 is 10.6 Å². The number of H-pyrrole nitrogens is 2. The van der Waals surface area contributed by atoms with Crippen molar-refractivity contribution >= 4 is 24.0 Å². The summed E-state index contributed by atoms with van der Waals surface area (Å²) in [4.78, 5) is 69.7. The minimum atomic E-state index is -1.09. The molecule has 2 aliphatic carbocycles. The van der Waals surface area contributed by atoms with Crippen LogP contribution in [0.1, 0.15) is 87.9 Å². The summed E-state index contributed by atoms with van der Waals surface area (Å²) in [6.07, 6.45) is 9.23. The Hall–Kier alpha value is -5.66. The van der Waals surface area contributed by atoms with Crippen LogP contribution in [0.4, 0.5) is 9.59 Å². The van der Waals surface area contributed by atoms with Gasteiger partial charge >= 0.3 is 12.2 Å². The summed E-state index contributed by atoms with van der Waals surface area (Å²) in [6.45, 7) is 1.28. The van der Waals surface area contributed by atoms with Crippen molar-refractivity contribution in [3.8, 4) is 33.6 Å². The first kappa shape index (κ1) is 35.4. The smallest absolute Gasteiger partial charge is 0.404 e. The summed E-state index contributed by atoms with van der Waals surface area (Å²) in [5.74, 6) is 0.844. The molecule has 2 aromatic heterocycles. The fraction of sp³-hybridized carbons (Fsp3) is 0.450. The van der Waals surface area contributed by atoms with Crippen LogP contribution in [0.5, 0.6) is 0 Å². The van der Waals surface area contributed by atoms with E-state index in [0.29, 0.717) is 38.8 Å². The number of benzene rings is 2. The maximum atomic E-state index is 13.6. The van der Waals surface area contributed by atoms with E-state index in [1.54, 1.807) is 0 Å². The van der Waals surface area contributed by atoms with Gasteiger partial charge < -0.3 is 40.6 Å². The van der Waals surface area contributed by atoms with E-state index in [1.807, 2.05) is 22.2 Å². The summed E-state index contributed by atoms with van der Waals surface area (Å²) in [6, 6.07) is 15.5. The van der Waals surface area contributed by atoms with Gasteiger partial charge in [-0.2, -0.15) is 0 Å². The molecule has 4 amide bonds. The number of aromatic amines is 2. The van der Waals surface area contributed by atoms with Gasteiger partial charge in [-0.1, -0.05) is 61.4 Å². The summed E-state index contributed by atoms with van der Waals surface area (Å²) < 4.78 is 0. The highest BCUT2D eigenvalue weighted by molar-refractivity contribution is 5.82. The highest BCUT2D eigenvalue weighted by atomic mass is 16.4. The molecule has 0 radical (unpaired) electrons. The normalized spacial score (nSPS) is 25.3. The number of hydrogen-bond acceptors (Lipinski definition) is 6. The third-order valence-electron chi connectivity index (χ3n) is 11.9. The third kappa shape index (κ3) is 7.04. The van der Waals surface area contributed by atoms with E-state index in [2.05, 4.69) is 79.1 Å². The summed E-state index contributed by atoms with van der Waals surface area (Å²) >= 11 is 0. The first-order valence-corrected chi connectivity index (χ1v) is 19.1. The van der Waals surface area contributed by atoms with Gasteiger partial charge in [0.25, 0.3) is 0 Å². The zero-order chi connectivity index (χ0) is 37.3. The number of carbonyl (C=O) groups is 4. The lowest BCUT2D eigenvalue weighted by Crippen LogP contribution is -2.45. The van der Waals surface area contributed by atoms with Crippen molar-refractivity contribution in [2.75, 3.05) is 13.1 Å². The third-order valence-corrected chi connectivity index (χ3v) is 11.9. The molecule has 2 saturated carbocycles. The number of nitrogens with zero attached hydrogens (tertiary/aromatic N) is 4. The SMILES string of the molecule is O=C(O)N[C@H]1CCC[C@@H]1C(=O)N1CCC[C@H]1c1ncc(-c2ccc(-c3ccc(-c4cnc([C@@H]5CCCN5C(=O)[C@H]5CCC[C@@H]5NC(=O)O)[nH]4)cc3)cc2)[nH]1. The molecule has 4 aromatic rings. The molecule has 6 N–H and O–H groups in total. The number of carbonyl (C=O) groups excluding carboxylic acids is 2. The van der Waals surface area contributed by atoms with Crippen LogP contribution >= 0.6 is 0 Å². The molecule has 2 aromatic carbocycles. The molecule has 4 heterocycles. The molecule has 0 spiro atoms. The lowest BCUT2D eigenvalue weighted by atomic mass is 10.0. The van der Waals surface area contributed by atoms with E-state index in [0.717, 1.165) is 83.8 Å². The summed E-state index contributed by atoms with van der Waals surface area (Å²) in [5.41, 5.74) is 5.83. The van der Waals surface area contributed by atoms with Gasteiger partial charge in [-0.05, 0) is 73.6 Å². The van der Waals surface area contributed by atoms with E-state index >= 15 is 0 Å². The fourth-order valence-corrected chi connectivity index (χ4v) is 9.22. The molecule has 8 rings (SSSR count). The number of rotatable bonds is 9. The van der Waals surface area contributed by atoms with Crippen LogP contribution in [0, 0.1) is 11.8 Å². The maximum absolute atomic E-state index is 13.6. The van der Waals surface area contributed by atoms with Crippen molar-refractivity contribution in [1.82, 2.24) is 40.4 Å². The minimum absolute atomic E-state index is 0.00787. The molecular weight excluding hydrogens is 688 g/mol. The average molecular weight is 735 g/mol. The molecule has 14 heteroatoms. The Morgan fingerprint density at radius 3 is 1.33 bits per heavy atom. The van der Waals surface area contributed by atoms with Crippen LogP contribution in [0.2, 0.25) is 0 Å². The molecule has 14 nitrogen and oxygen atoms in total. The second kappa shape index (κ2) is 15.0. The number of likely N-dealkylation sites (tertiary alicyclic amines) is 2. The Labute approximate surface area is 312 Å². The van der Waals surface area contributed by atoms with E-state index in [9.17, 15) is 29.4 Å². The summed E-state index contributed by atoms with van der Waals surface area (Å²) in [5, 5.41) is 23.6. The van der Waals surface area contributed by atoms with Crippen molar-refractivity contribution in [3.63, 3.8) is 0 Å². The largest absolute Gasteiger partial charge is 0.465 e. The molecule has 2 aliphatic heterocycles. The van der Waals surface area contributed by atoms with Crippen molar-refractivity contribution in [1.29, 1.82) is 0 Å². The second-order valence-corrected chi connectivity index (χ2v) is 15.1. The molecule has 2 saturated heterocycles. The lowest BCUT2D eigenvalue weighted by Gasteiger charge is -2.28. The van der Waals surface area contributed by atoms with Gasteiger partial charge in [0.05, 0.1) is 47.7 Å². The Morgan fingerprint density at radius 2 is 0.944 bits per heavy atom. The standard InChI is InChI=1S/C40H46N8O6/c49-37(27-5-1-7-29(27)45-39(51)52)47-19-3-9-33(47)35-41-21-31(43-35)25-15-11-23(12-16-25)24-13-17-26(18-14-24)32-22-42-36(44-32)34-10-4-20-48(34)38(50)28-6-2-8-30(28)46-40(53)54/h11-18,21-22,27-30,33-34,45-46H,1-10,19-20H2,(H,41,43)(H,42,44)(H,51,52)(H,53,54)/t27-,28-,29-,30-,33-,34-/m0/s1. The predicted molar refractivity (Wildman–Crippen MR) is 199 cm³/mol. The number of nitrogens with one attached hydrogen (secondary N) is 4. The van der Waals surface area contributed by atoms with Crippen LogP contribution in [0.15, 0.2) is 60.9 Å². The zero-order valence-corrected chi connectivity index (χ0v) is 30.0. The van der Waals surface area contributed by atoms with E-state index < -0.39 is 12.2 Å². The summed E-state index contributed by atoms with van der Waals surface area (Å²) in [7, 11) is 0. The van der Waals surface area contributed by atoms with Crippen molar-refractivity contribution in [2.24, 2.45) is 11.8 Å². The number of imidazole rings is 2. The van der Waals surface area contributed by atoms with E-state index in [-0.39, 0.29) is 47.8 Å². The fourth-order valence-electron chi connectivity index (χ4n) is 9.22. The van der Waals surface area contributed by atoms with E-state index in [4.69, 9.17) is 0 Å². The first-order chi connectivity index (χ1) is 26.2. The van der Waals surface area contributed by atoms with Gasteiger partial charge in [0.2, 0.25) is 11.8 Å². The van der Waals surface area contributed by atoms with Gasteiger partial charge in [0.15, 0.2) is 0 Å². The zero-order valence-electron chi connectivity index (χ0n) is 30.0. The number of amides is 4. The van der Waals surface area contributed by atoms with Gasteiger partial charge in [0.1, 0.15) is 11.6 Å². The monoisotopic (exact) mass is 734 g/mol. The highest BCUT2D eigenvalue weighted by Crippen LogP contribution is 2.38. The van der Waals surface area contributed by atoms with Crippen LogP contribution in [-0.2, 0) is 9.59 Å². The molecular formula is C40H46N8O6. The second-order valence-electron chi connectivity index (χ2n) is 15.1. The van der Waals surface area contributed by atoms with Crippen LogP contribution in [0.3, 0.4) is 0 Å². The molecule has 0 unspecified atom stereocenters. The van der Waals surface area contributed by atoms with Gasteiger partial charge in [0, 0.05) is 25.2 Å². The molecule has 6 atom stereocenters. The molecule has 4 fully saturated rings. The molecule has 282 valence electrons. The highest BCUT2D eigenvalue weighted by Gasteiger charge is 2.42. The molecule has 0 bridgehead atoms. The topological polar surface area (TPSA) is 197 Å². The van der Waals surface area contributed by atoms with Gasteiger partial charge in [-0.3, -0.25) is 9.59 Å². The van der Waals surface area contributed by atoms with Crippen LogP contribution in [-0.4, -0.2) is 89.1 Å². The lowest BCUT2D eigenvalue weighted by molar-refractivity contribution is -0.137. The van der Waals surface area contributed by atoms with Crippen molar-refractivity contribution in [3.05, 3.63) is 72.6 Å². The van der Waals surface area contributed by atoms with Crippen LogP contribution in [0.25, 0.3) is 33.6 Å². The number of aromatic nitrogens is 4. The Kier molecular flexibility index (Phi) is 9.82. The molecule has 4 aliphatic rings. The number of carboxylic acid groups (broad SMARTS) is 2. The van der Waals surface area contributed by atoms with Gasteiger partial charge in [-0.15, -0.1) is 0 Å². The number of hydrogen-bond donors (Lipinski definition) is 6. The molecule has 54 heavy (non-hydrogen) atoms. The quantitative estimate of drug-likeness (QED) is 0.115. The maximum Gasteiger partial charge on any atom is 0.404 e. The Balaban J connectivity index is 0.906. The van der Waals surface area contributed by atoms with Crippen molar-refractivity contribution < 1.29 is 29.4 Å². The average Bonchev–Trinajstić information content (AvgIpc) is 4.01. The predicted octanol–water partition coefficient (Wildman–Crippen LogP) is 6.33.